The molecule has 190 valence electrons. The van der Waals surface area contributed by atoms with Crippen LogP contribution in [0.1, 0.15) is 29.7 Å². The van der Waals surface area contributed by atoms with Crippen LogP contribution in [0.5, 0.6) is 0 Å². The number of likely N-dealkylation sites (tertiary alicyclic amines) is 1. The first-order valence-corrected chi connectivity index (χ1v) is 14.7. The van der Waals surface area contributed by atoms with Crippen LogP contribution in [0.15, 0.2) is 52.8 Å². The van der Waals surface area contributed by atoms with Gasteiger partial charge in [-0.2, -0.15) is 0 Å². The van der Waals surface area contributed by atoms with Gasteiger partial charge < -0.3 is 5.32 Å². The number of thiazole rings is 2. The summed E-state index contributed by atoms with van der Waals surface area (Å²) in [6.07, 6.45) is 6.22. The number of nitrogens with one attached hydrogen (secondary N) is 1. The number of aromatic nitrogens is 2. The van der Waals surface area contributed by atoms with Gasteiger partial charge in [-0.25, -0.2) is 14.8 Å². The fraction of sp³-hybridized carbons (Fsp3) is 0.296. The monoisotopic (exact) mass is 569 g/mol. The summed E-state index contributed by atoms with van der Waals surface area (Å²) in [5.74, 6) is 0. The molecule has 6 nitrogen and oxygen atoms in total. The molecule has 1 fully saturated rings. The highest BCUT2D eigenvalue weighted by Crippen LogP contribution is 2.50. The van der Waals surface area contributed by atoms with E-state index in [1.807, 2.05) is 34.0 Å². The number of hydrogen-bond donors (Lipinski definition) is 1. The van der Waals surface area contributed by atoms with Gasteiger partial charge in [-0.1, -0.05) is 41.4 Å². The maximum atomic E-state index is 13.3. The quantitative estimate of drug-likeness (QED) is 0.286. The average Bonchev–Trinajstić information content (AvgIpc) is 3.65. The molecule has 1 N–H and O–H groups in total. The number of nitrogens with zero attached hydrogens (tertiary/aromatic N) is 4. The summed E-state index contributed by atoms with van der Waals surface area (Å²) in [6, 6.07) is 9.79. The zero-order valence-corrected chi connectivity index (χ0v) is 23.1. The summed E-state index contributed by atoms with van der Waals surface area (Å²) in [4.78, 5) is 26.7. The average molecular weight is 571 g/mol. The molecule has 0 atom stereocenters. The fourth-order valence-electron chi connectivity index (χ4n) is 5.43. The van der Waals surface area contributed by atoms with Crippen LogP contribution in [0, 0.1) is 0 Å². The van der Waals surface area contributed by atoms with Crippen molar-refractivity contribution in [3.63, 3.8) is 0 Å². The summed E-state index contributed by atoms with van der Waals surface area (Å²) >= 11 is 15.4. The minimum atomic E-state index is -0.0925. The third-order valence-corrected chi connectivity index (χ3v) is 9.51. The molecule has 2 aromatic carbocycles. The Kier molecular flexibility index (Phi) is 6.94. The van der Waals surface area contributed by atoms with E-state index >= 15 is 0 Å². The number of urea groups is 1. The highest BCUT2D eigenvalue weighted by atomic mass is 35.5. The van der Waals surface area contributed by atoms with E-state index in [2.05, 4.69) is 39.5 Å². The van der Waals surface area contributed by atoms with Gasteiger partial charge in [-0.3, -0.25) is 9.80 Å². The molecular formula is C27H25Cl2N5OS2. The van der Waals surface area contributed by atoms with E-state index in [4.69, 9.17) is 28.2 Å². The molecule has 1 saturated heterocycles. The zero-order valence-electron chi connectivity index (χ0n) is 20.0. The third kappa shape index (κ3) is 4.89. The third-order valence-electron chi connectivity index (χ3n) is 7.34. The van der Waals surface area contributed by atoms with Gasteiger partial charge in [-0.05, 0) is 55.8 Å². The largest absolute Gasteiger partial charge is 0.332 e. The molecule has 2 aromatic heterocycles. The van der Waals surface area contributed by atoms with Crippen molar-refractivity contribution in [1.82, 2.24) is 20.2 Å². The molecule has 4 aromatic rings. The summed E-state index contributed by atoms with van der Waals surface area (Å²) in [5.41, 5.74) is 8.79. The smallest absolute Gasteiger partial charge is 0.322 e. The second kappa shape index (κ2) is 10.3. The van der Waals surface area contributed by atoms with E-state index in [9.17, 15) is 4.79 Å². The molecule has 1 spiro atoms. The Labute approximate surface area is 233 Å². The van der Waals surface area contributed by atoms with Gasteiger partial charge in [0.2, 0.25) is 0 Å². The lowest BCUT2D eigenvalue weighted by atomic mass is 9.74. The number of benzene rings is 2. The minimum absolute atomic E-state index is 0.0762. The Morgan fingerprint density at radius 3 is 2.76 bits per heavy atom. The second-order valence-electron chi connectivity index (χ2n) is 9.54. The van der Waals surface area contributed by atoms with Crippen molar-refractivity contribution in [2.75, 3.05) is 31.1 Å². The molecule has 2 aliphatic heterocycles. The van der Waals surface area contributed by atoms with Crippen LogP contribution in [0.3, 0.4) is 0 Å². The van der Waals surface area contributed by atoms with E-state index < -0.39 is 0 Å². The van der Waals surface area contributed by atoms with E-state index in [-0.39, 0.29) is 11.4 Å². The van der Waals surface area contributed by atoms with Crippen molar-refractivity contribution in [1.29, 1.82) is 0 Å². The van der Waals surface area contributed by atoms with Crippen LogP contribution < -0.4 is 10.2 Å². The highest BCUT2D eigenvalue weighted by Gasteiger charge is 2.47. The lowest BCUT2D eigenvalue weighted by Crippen LogP contribution is -2.47. The van der Waals surface area contributed by atoms with E-state index in [1.54, 1.807) is 16.8 Å². The maximum Gasteiger partial charge on any atom is 0.322 e. The number of carbonyl (C=O) groups excluding carboxylic acids is 1. The van der Waals surface area contributed by atoms with Crippen LogP contribution in [-0.4, -0.2) is 47.1 Å². The Bertz CT molecular complexity index is 1460. The molecule has 0 saturated carbocycles. The van der Waals surface area contributed by atoms with Gasteiger partial charge in [0.1, 0.15) is 0 Å². The van der Waals surface area contributed by atoms with Crippen LogP contribution in [-0.2, 0) is 12.0 Å². The number of halogens is 2. The maximum absolute atomic E-state index is 13.3. The first-order chi connectivity index (χ1) is 18.0. The number of rotatable bonds is 5. The zero-order chi connectivity index (χ0) is 25.4. The number of amides is 2. The van der Waals surface area contributed by atoms with Crippen LogP contribution in [0.25, 0.3) is 16.3 Å². The lowest BCUT2D eigenvalue weighted by molar-refractivity contribution is 0.180. The Morgan fingerprint density at radius 2 is 1.97 bits per heavy atom. The Hall–Kier alpha value is -2.49. The molecule has 37 heavy (non-hydrogen) atoms. The molecule has 0 unspecified atom stereocenters. The van der Waals surface area contributed by atoms with Crippen molar-refractivity contribution in [3.05, 3.63) is 79.7 Å². The van der Waals surface area contributed by atoms with Crippen molar-refractivity contribution in [2.45, 2.75) is 24.8 Å². The minimum Gasteiger partial charge on any atom is -0.332 e. The Balaban J connectivity index is 1.18. The summed E-state index contributed by atoms with van der Waals surface area (Å²) in [5, 5.41) is 6.16. The van der Waals surface area contributed by atoms with Gasteiger partial charge in [-0.15, -0.1) is 22.7 Å². The second-order valence-corrected chi connectivity index (χ2v) is 12.0. The fourth-order valence-corrected chi connectivity index (χ4v) is 6.98. The van der Waals surface area contributed by atoms with Crippen molar-refractivity contribution in [3.8, 4) is 0 Å². The van der Waals surface area contributed by atoms with Gasteiger partial charge in [0.15, 0.2) is 0 Å². The van der Waals surface area contributed by atoms with Crippen molar-refractivity contribution < 1.29 is 4.79 Å². The van der Waals surface area contributed by atoms with Gasteiger partial charge in [0.25, 0.3) is 0 Å². The number of hydrogen-bond acceptors (Lipinski definition) is 6. The summed E-state index contributed by atoms with van der Waals surface area (Å²) in [6.45, 7) is 3.88. The molecule has 0 aliphatic carbocycles. The number of anilines is 1. The molecule has 0 bridgehead atoms. The van der Waals surface area contributed by atoms with Gasteiger partial charge >= 0.3 is 6.03 Å². The van der Waals surface area contributed by atoms with Crippen LogP contribution >= 0.6 is 45.9 Å². The predicted molar refractivity (Wildman–Crippen MR) is 154 cm³/mol. The molecule has 10 heteroatoms. The lowest BCUT2D eigenvalue weighted by Gasteiger charge is -2.39. The molecule has 6 rings (SSSR count). The topological polar surface area (TPSA) is 61.4 Å². The highest BCUT2D eigenvalue weighted by molar-refractivity contribution is 7.16. The number of fused-ring (bicyclic) bond motifs is 4. The first kappa shape index (κ1) is 24.8. The van der Waals surface area contributed by atoms with E-state index in [1.165, 1.54) is 21.6 Å². The number of carbonyl (C=O) groups is 1. The summed E-state index contributed by atoms with van der Waals surface area (Å²) < 4.78 is 1.18. The normalized spacial score (nSPS) is 17.2. The SMILES string of the molecule is O=C(NCc1cscn1)N1CC2(CCN(C/C=C/c3ccc(Cl)c(Cl)c3)CC2)c2c1ccc1scnc21. The van der Waals surface area contributed by atoms with Gasteiger partial charge in [0, 0.05) is 29.4 Å². The van der Waals surface area contributed by atoms with Crippen molar-refractivity contribution >= 4 is 73.9 Å². The number of piperidine rings is 1. The van der Waals surface area contributed by atoms with Crippen molar-refractivity contribution in [2.24, 2.45) is 0 Å². The summed E-state index contributed by atoms with van der Waals surface area (Å²) in [7, 11) is 0. The molecule has 4 heterocycles. The van der Waals surface area contributed by atoms with Crippen LogP contribution in [0.4, 0.5) is 10.5 Å². The van der Waals surface area contributed by atoms with E-state index in [0.29, 0.717) is 23.1 Å². The predicted octanol–water partition coefficient (Wildman–Crippen LogP) is 6.84. The standard InChI is InChI=1S/C27H25Cl2N5OS2/c28-20-4-3-18(12-21(20)29)2-1-9-33-10-7-27(8-11-33)15-34(26(35)30-13-19-14-36-16-31-19)22-5-6-23-25(24(22)27)32-17-37-23/h1-6,12,14,16-17H,7-11,13,15H2,(H,30,35)/b2-1+. The first-order valence-electron chi connectivity index (χ1n) is 12.2. The Morgan fingerprint density at radius 1 is 1.11 bits per heavy atom. The van der Waals surface area contributed by atoms with Gasteiger partial charge in [0.05, 0.1) is 49.2 Å². The molecule has 0 radical (unpaired) electrons. The van der Waals surface area contributed by atoms with E-state index in [0.717, 1.165) is 54.9 Å². The molecular weight excluding hydrogens is 545 g/mol. The molecule has 2 aliphatic rings. The van der Waals surface area contributed by atoms with Crippen LogP contribution in [0.2, 0.25) is 10.0 Å². The molecule has 2 amide bonds.